The quantitative estimate of drug-likeness (QED) is 0.646. The van der Waals surface area contributed by atoms with E-state index in [0.717, 1.165) is 30.9 Å². The van der Waals surface area contributed by atoms with E-state index in [0.29, 0.717) is 24.8 Å². The fourth-order valence-electron chi connectivity index (χ4n) is 2.00. The number of nitrogen functional groups attached to an aromatic ring is 1. The number of nitrogens with one attached hydrogen (secondary N) is 1. The second-order valence-corrected chi connectivity index (χ2v) is 5.10. The zero-order chi connectivity index (χ0) is 17.2. The molecule has 7 heteroatoms. The minimum Gasteiger partial charge on any atom is -0.497 e. The lowest BCUT2D eigenvalue weighted by molar-refractivity contribution is 0.216. The summed E-state index contributed by atoms with van der Waals surface area (Å²) in [6, 6.07) is 7.43. The average molecular weight is 332 g/mol. The Hall–Kier alpha value is -2.70. The van der Waals surface area contributed by atoms with E-state index in [-0.39, 0.29) is 5.95 Å². The van der Waals surface area contributed by atoms with E-state index in [1.165, 1.54) is 0 Å². The first-order chi connectivity index (χ1) is 11.7. The van der Waals surface area contributed by atoms with Crippen LogP contribution in [0.4, 0.5) is 11.8 Å². The van der Waals surface area contributed by atoms with E-state index in [1.807, 2.05) is 24.3 Å². The van der Waals surface area contributed by atoms with Gasteiger partial charge in [-0.15, -0.1) is 0 Å². The van der Waals surface area contributed by atoms with E-state index in [9.17, 15) is 0 Å². The Morgan fingerprint density at radius 1 is 1.17 bits per heavy atom. The zero-order valence-electron chi connectivity index (χ0n) is 14.1. The van der Waals surface area contributed by atoms with Crippen molar-refractivity contribution in [2.24, 2.45) is 0 Å². The zero-order valence-corrected chi connectivity index (χ0v) is 14.1. The number of rotatable bonds is 10. The predicted octanol–water partition coefficient (Wildman–Crippen LogP) is 2.74. The minimum atomic E-state index is 0.217. The van der Waals surface area contributed by atoms with Gasteiger partial charge in [0, 0.05) is 12.6 Å². The Kier molecular flexibility index (Phi) is 6.94. The summed E-state index contributed by atoms with van der Waals surface area (Å²) in [5, 5.41) is 3.22. The molecule has 0 atom stereocenters. The van der Waals surface area contributed by atoms with Gasteiger partial charge in [-0.3, -0.25) is 0 Å². The van der Waals surface area contributed by atoms with Crippen molar-refractivity contribution in [3.8, 4) is 17.2 Å². The molecule has 1 aromatic heterocycles. The van der Waals surface area contributed by atoms with Gasteiger partial charge < -0.3 is 25.3 Å². The van der Waals surface area contributed by atoms with Crippen LogP contribution in [0.2, 0.25) is 0 Å². The SMILES string of the molecule is CCCCNc1nc(N)ncc1OCCOc1cccc(OC)c1. The molecule has 0 amide bonds. The van der Waals surface area contributed by atoms with Crippen LogP contribution in [-0.2, 0) is 0 Å². The lowest BCUT2D eigenvalue weighted by Crippen LogP contribution is -2.12. The van der Waals surface area contributed by atoms with Gasteiger partial charge in [0.2, 0.25) is 5.95 Å². The van der Waals surface area contributed by atoms with Crippen molar-refractivity contribution < 1.29 is 14.2 Å². The number of nitrogens with two attached hydrogens (primary N) is 1. The number of ether oxygens (including phenoxy) is 3. The number of anilines is 2. The molecule has 0 unspecified atom stereocenters. The van der Waals surface area contributed by atoms with Gasteiger partial charge >= 0.3 is 0 Å². The first kappa shape index (κ1) is 17.7. The van der Waals surface area contributed by atoms with E-state index in [2.05, 4.69) is 22.2 Å². The number of methoxy groups -OCH3 is 1. The molecule has 2 rings (SSSR count). The molecule has 1 aromatic carbocycles. The molecule has 0 saturated carbocycles. The summed E-state index contributed by atoms with van der Waals surface area (Å²) in [5.41, 5.74) is 5.64. The van der Waals surface area contributed by atoms with E-state index in [1.54, 1.807) is 13.3 Å². The van der Waals surface area contributed by atoms with Gasteiger partial charge in [0.1, 0.15) is 24.7 Å². The molecule has 1 heterocycles. The maximum Gasteiger partial charge on any atom is 0.222 e. The van der Waals surface area contributed by atoms with Crippen molar-refractivity contribution in [2.75, 3.05) is 37.9 Å². The number of benzene rings is 1. The number of aromatic nitrogens is 2. The van der Waals surface area contributed by atoms with Crippen molar-refractivity contribution >= 4 is 11.8 Å². The summed E-state index contributed by atoms with van der Waals surface area (Å²) in [4.78, 5) is 8.15. The van der Waals surface area contributed by atoms with Crippen molar-refractivity contribution in [3.63, 3.8) is 0 Å². The highest BCUT2D eigenvalue weighted by Crippen LogP contribution is 2.22. The van der Waals surface area contributed by atoms with E-state index >= 15 is 0 Å². The molecule has 130 valence electrons. The van der Waals surface area contributed by atoms with Crippen LogP contribution >= 0.6 is 0 Å². The van der Waals surface area contributed by atoms with Crippen molar-refractivity contribution in [1.82, 2.24) is 9.97 Å². The molecular weight excluding hydrogens is 308 g/mol. The maximum absolute atomic E-state index is 5.70. The summed E-state index contributed by atoms with van der Waals surface area (Å²) < 4.78 is 16.5. The Morgan fingerprint density at radius 2 is 1.96 bits per heavy atom. The molecule has 7 nitrogen and oxygen atoms in total. The molecular formula is C17H24N4O3. The molecule has 2 aromatic rings. The number of nitrogens with zero attached hydrogens (tertiary/aromatic N) is 2. The van der Waals surface area contributed by atoms with Crippen LogP contribution in [0.5, 0.6) is 17.2 Å². The third-order valence-corrected chi connectivity index (χ3v) is 3.25. The van der Waals surface area contributed by atoms with Crippen LogP contribution in [0.3, 0.4) is 0 Å². The monoisotopic (exact) mass is 332 g/mol. The summed E-state index contributed by atoms with van der Waals surface area (Å²) in [6.45, 7) is 3.70. The summed E-state index contributed by atoms with van der Waals surface area (Å²) in [6.07, 6.45) is 3.71. The molecule has 3 N–H and O–H groups in total. The standard InChI is InChI=1S/C17H24N4O3/c1-3-4-8-19-16-15(12-20-17(18)21-16)24-10-9-23-14-7-5-6-13(11-14)22-2/h5-7,11-12H,3-4,8-10H2,1-2H3,(H3,18,19,20,21). The Labute approximate surface area is 142 Å². The third kappa shape index (κ3) is 5.49. The highest BCUT2D eigenvalue weighted by atomic mass is 16.5. The van der Waals surface area contributed by atoms with Crippen LogP contribution in [0.1, 0.15) is 19.8 Å². The van der Waals surface area contributed by atoms with E-state index in [4.69, 9.17) is 19.9 Å². The molecule has 0 aliphatic rings. The van der Waals surface area contributed by atoms with E-state index < -0.39 is 0 Å². The van der Waals surface area contributed by atoms with Crippen LogP contribution in [0.15, 0.2) is 30.5 Å². The van der Waals surface area contributed by atoms with Gasteiger partial charge in [0.05, 0.1) is 13.3 Å². The summed E-state index contributed by atoms with van der Waals surface area (Å²) in [5.74, 6) is 2.87. The predicted molar refractivity (Wildman–Crippen MR) is 93.8 cm³/mol. The molecule has 0 bridgehead atoms. The molecule has 24 heavy (non-hydrogen) atoms. The lowest BCUT2D eigenvalue weighted by Gasteiger charge is -2.13. The molecule has 0 aliphatic carbocycles. The largest absolute Gasteiger partial charge is 0.497 e. The normalized spacial score (nSPS) is 10.2. The second-order valence-electron chi connectivity index (χ2n) is 5.10. The van der Waals surface area contributed by atoms with Crippen molar-refractivity contribution in [2.45, 2.75) is 19.8 Å². The number of hydrogen-bond acceptors (Lipinski definition) is 7. The minimum absolute atomic E-state index is 0.217. The van der Waals surface area contributed by atoms with Crippen LogP contribution in [0, 0.1) is 0 Å². The van der Waals surface area contributed by atoms with Gasteiger partial charge in [0.15, 0.2) is 11.6 Å². The van der Waals surface area contributed by atoms with Crippen molar-refractivity contribution in [1.29, 1.82) is 0 Å². The average Bonchev–Trinajstić information content (AvgIpc) is 2.60. The first-order valence-electron chi connectivity index (χ1n) is 7.99. The Bertz CT molecular complexity index is 637. The Balaban J connectivity index is 1.84. The highest BCUT2D eigenvalue weighted by molar-refractivity contribution is 5.51. The highest BCUT2D eigenvalue weighted by Gasteiger charge is 2.07. The molecule has 0 saturated heterocycles. The van der Waals surface area contributed by atoms with Gasteiger partial charge in [0.25, 0.3) is 0 Å². The smallest absolute Gasteiger partial charge is 0.222 e. The van der Waals surface area contributed by atoms with Gasteiger partial charge in [-0.1, -0.05) is 19.4 Å². The van der Waals surface area contributed by atoms with Crippen LogP contribution < -0.4 is 25.3 Å². The molecule has 0 spiro atoms. The Morgan fingerprint density at radius 3 is 2.75 bits per heavy atom. The molecule has 0 fully saturated rings. The fourth-order valence-corrected chi connectivity index (χ4v) is 2.00. The second kappa shape index (κ2) is 9.44. The summed E-state index contributed by atoms with van der Waals surface area (Å²) >= 11 is 0. The molecule has 0 radical (unpaired) electrons. The third-order valence-electron chi connectivity index (χ3n) is 3.25. The maximum atomic E-state index is 5.70. The van der Waals surface area contributed by atoms with Gasteiger partial charge in [-0.25, -0.2) is 4.98 Å². The number of unbranched alkanes of at least 4 members (excludes halogenated alkanes) is 1. The van der Waals surface area contributed by atoms with Crippen LogP contribution in [-0.4, -0.2) is 36.8 Å². The van der Waals surface area contributed by atoms with Gasteiger partial charge in [-0.2, -0.15) is 4.98 Å². The topological polar surface area (TPSA) is 91.5 Å². The molecule has 0 aliphatic heterocycles. The van der Waals surface area contributed by atoms with Gasteiger partial charge in [-0.05, 0) is 18.6 Å². The van der Waals surface area contributed by atoms with Crippen LogP contribution in [0.25, 0.3) is 0 Å². The fraction of sp³-hybridized carbons (Fsp3) is 0.412. The summed E-state index contributed by atoms with van der Waals surface area (Å²) in [7, 11) is 1.62. The lowest BCUT2D eigenvalue weighted by atomic mass is 10.3. The first-order valence-corrected chi connectivity index (χ1v) is 7.99. The van der Waals surface area contributed by atoms with Crippen molar-refractivity contribution in [3.05, 3.63) is 30.5 Å². The number of hydrogen-bond donors (Lipinski definition) is 2.